The third-order valence-corrected chi connectivity index (χ3v) is 4.37. The standard InChI is InChI=1S/C15H16Cl3NO/c1-10(4-5-11-3-2-8-20-11)19-9-12-13(16)6-7-14(17)15(12)18/h2-3,6-8,10,19H,4-5,9H2,1H3. The van der Waals surface area contributed by atoms with Crippen LogP contribution in [-0.4, -0.2) is 6.04 Å². The number of rotatable bonds is 6. The lowest BCUT2D eigenvalue weighted by molar-refractivity contribution is 0.460. The fraction of sp³-hybridized carbons (Fsp3) is 0.333. The molecule has 0 radical (unpaired) electrons. The molecule has 2 rings (SSSR count). The number of benzene rings is 1. The zero-order chi connectivity index (χ0) is 14.5. The van der Waals surface area contributed by atoms with E-state index in [0.717, 1.165) is 24.2 Å². The minimum absolute atomic E-state index is 0.325. The van der Waals surface area contributed by atoms with Crippen LogP contribution in [0.1, 0.15) is 24.7 Å². The number of aryl methyl sites for hydroxylation is 1. The van der Waals surface area contributed by atoms with Gasteiger partial charge in [-0.3, -0.25) is 0 Å². The monoisotopic (exact) mass is 331 g/mol. The van der Waals surface area contributed by atoms with Crippen LogP contribution in [-0.2, 0) is 13.0 Å². The van der Waals surface area contributed by atoms with Crippen molar-refractivity contribution < 1.29 is 4.42 Å². The molecule has 0 aliphatic carbocycles. The fourth-order valence-electron chi connectivity index (χ4n) is 1.92. The summed E-state index contributed by atoms with van der Waals surface area (Å²) in [5, 5.41) is 5.07. The van der Waals surface area contributed by atoms with Crippen LogP contribution >= 0.6 is 34.8 Å². The highest BCUT2D eigenvalue weighted by Crippen LogP contribution is 2.31. The SMILES string of the molecule is CC(CCc1ccco1)NCc1c(Cl)ccc(Cl)c1Cl. The highest BCUT2D eigenvalue weighted by Gasteiger charge is 2.11. The Morgan fingerprint density at radius 2 is 1.90 bits per heavy atom. The van der Waals surface area contributed by atoms with E-state index in [2.05, 4.69) is 12.2 Å². The van der Waals surface area contributed by atoms with Crippen LogP contribution in [0.25, 0.3) is 0 Å². The van der Waals surface area contributed by atoms with Gasteiger partial charge in [0.2, 0.25) is 0 Å². The Morgan fingerprint density at radius 3 is 2.60 bits per heavy atom. The van der Waals surface area contributed by atoms with Gasteiger partial charge in [0, 0.05) is 29.6 Å². The molecule has 1 N–H and O–H groups in total. The molecule has 5 heteroatoms. The molecule has 1 aromatic carbocycles. The van der Waals surface area contributed by atoms with Crippen molar-refractivity contribution in [1.82, 2.24) is 5.32 Å². The van der Waals surface area contributed by atoms with E-state index in [1.165, 1.54) is 0 Å². The smallest absolute Gasteiger partial charge is 0.103 e. The normalized spacial score (nSPS) is 12.6. The summed E-state index contributed by atoms with van der Waals surface area (Å²) in [5.74, 6) is 0.998. The molecule has 1 unspecified atom stereocenters. The first-order valence-corrected chi connectivity index (χ1v) is 7.59. The lowest BCUT2D eigenvalue weighted by Crippen LogP contribution is -2.26. The van der Waals surface area contributed by atoms with Gasteiger partial charge < -0.3 is 9.73 Å². The van der Waals surface area contributed by atoms with E-state index >= 15 is 0 Å². The zero-order valence-electron chi connectivity index (χ0n) is 11.1. The second kappa shape index (κ2) is 7.37. The van der Waals surface area contributed by atoms with Crippen molar-refractivity contribution >= 4 is 34.8 Å². The Bertz CT molecular complexity index is 554. The van der Waals surface area contributed by atoms with Crippen molar-refractivity contribution in [3.8, 4) is 0 Å². The van der Waals surface area contributed by atoms with Crippen LogP contribution in [0.4, 0.5) is 0 Å². The number of hydrogen-bond acceptors (Lipinski definition) is 2. The van der Waals surface area contributed by atoms with Gasteiger partial charge in [-0.15, -0.1) is 0 Å². The molecular weight excluding hydrogens is 317 g/mol. The Balaban J connectivity index is 1.87. The summed E-state index contributed by atoms with van der Waals surface area (Å²) in [6.45, 7) is 2.72. The predicted octanol–water partition coefficient (Wildman–Crippen LogP) is 5.35. The third kappa shape index (κ3) is 4.16. The van der Waals surface area contributed by atoms with Gasteiger partial charge in [-0.05, 0) is 37.6 Å². The van der Waals surface area contributed by atoms with Crippen LogP contribution in [0.2, 0.25) is 15.1 Å². The molecule has 20 heavy (non-hydrogen) atoms. The van der Waals surface area contributed by atoms with Crippen LogP contribution < -0.4 is 5.32 Å². The molecule has 0 bridgehead atoms. The van der Waals surface area contributed by atoms with Crippen molar-refractivity contribution in [2.24, 2.45) is 0 Å². The van der Waals surface area contributed by atoms with E-state index in [1.807, 2.05) is 12.1 Å². The summed E-state index contributed by atoms with van der Waals surface area (Å²) < 4.78 is 5.31. The van der Waals surface area contributed by atoms with Gasteiger partial charge in [-0.25, -0.2) is 0 Å². The maximum Gasteiger partial charge on any atom is 0.103 e. The minimum Gasteiger partial charge on any atom is -0.469 e. The van der Waals surface area contributed by atoms with Crippen LogP contribution in [0.5, 0.6) is 0 Å². The van der Waals surface area contributed by atoms with E-state index in [4.69, 9.17) is 39.2 Å². The number of furan rings is 1. The number of hydrogen-bond donors (Lipinski definition) is 1. The molecule has 0 spiro atoms. The van der Waals surface area contributed by atoms with Gasteiger partial charge in [0.15, 0.2) is 0 Å². The average Bonchev–Trinajstić information content (AvgIpc) is 2.94. The van der Waals surface area contributed by atoms with Crippen LogP contribution in [0.3, 0.4) is 0 Å². The third-order valence-electron chi connectivity index (χ3n) is 3.17. The van der Waals surface area contributed by atoms with Crippen molar-refractivity contribution in [3.63, 3.8) is 0 Å². The Kier molecular flexibility index (Phi) is 5.79. The summed E-state index contributed by atoms with van der Waals surface area (Å²) in [4.78, 5) is 0. The number of halogens is 3. The number of nitrogens with one attached hydrogen (secondary N) is 1. The van der Waals surface area contributed by atoms with Gasteiger partial charge in [-0.2, -0.15) is 0 Å². The first-order valence-electron chi connectivity index (χ1n) is 6.46. The van der Waals surface area contributed by atoms with Crippen molar-refractivity contribution in [2.75, 3.05) is 0 Å². The summed E-state index contributed by atoms with van der Waals surface area (Å²) >= 11 is 18.3. The van der Waals surface area contributed by atoms with Gasteiger partial charge in [0.1, 0.15) is 5.76 Å². The molecular formula is C15H16Cl3NO. The van der Waals surface area contributed by atoms with Crippen molar-refractivity contribution in [2.45, 2.75) is 32.4 Å². The fourth-order valence-corrected chi connectivity index (χ4v) is 2.60. The van der Waals surface area contributed by atoms with Crippen LogP contribution in [0, 0.1) is 0 Å². The molecule has 0 saturated carbocycles. The minimum atomic E-state index is 0.325. The topological polar surface area (TPSA) is 25.2 Å². The molecule has 0 aliphatic heterocycles. The molecule has 1 atom stereocenters. The highest BCUT2D eigenvalue weighted by atomic mass is 35.5. The predicted molar refractivity (Wildman–Crippen MR) is 84.8 cm³/mol. The molecule has 0 amide bonds. The first kappa shape index (κ1) is 15.7. The van der Waals surface area contributed by atoms with Crippen LogP contribution in [0.15, 0.2) is 34.9 Å². The molecule has 2 nitrogen and oxygen atoms in total. The molecule has 1 heterocycles. The molecule has 0 aliphatic rings. The zero-order valence-corrected chi connectivity index (χ0v) is 13.4. The first-order chi connectivity index (χ1) is 9.58. The summed E-state index contributed by atoms with van der Waals surface area (Å²) in [5.41, 5.74) is 0.839. The van der Waals surface area contributed by atoms with E-state index in [9.17, 15) is 0 Å². The quantitative estimate of drug-likeness (QED) is 0.721. The molecule has 0 saturated heterocycles. The van der Waals surface area contributed by atoms with Gasteiger partial charge in [0.05, 0.1) is 16.3 Å². The summed E-state index contributed by atoms with van der Waals surface area (Å²) in [7, 11) is 0. The maximum absolute atomic E-state index is 6.17. The van der Waals surface area contributed by atoms with E-state index < -0.39 is 0 Å². The summed E-state index contributed by atoms with van der Waals surface area (Å²) in [6, 6.07) is 7.68. The van der Waals surface area contributed by atoms with Gasteiger partial charge >= 0.3 is 0 Å². The summed E-state index contributed by atoms with van der Waals surface area (Å²) in [6.07, 6.45) is 3.57. The second-order valence-corrected chi connectivity index (χ2v) is 5.91. The Labute approximate surface area is 134 Å². The largest absolute Gasteiger partial charge is 0.469 e. The molecule has 0 fully saturated rings. The lowest BCUT2D eigenvalue weighted by atomic mass is 10.1. The Hall–Kier alpha value is -0.670. The maximum atomic E-state index is 6.17. The molecule has 1 aromatic heterocycles. The lowest BCUT2D eigenvalue weighted by Gasteiger charge is -2.15. The highest BCUT2D eigenvalue weighted by molar-refractivity contribution is 6.44. The Morgan fingerprint density at radius 1 is 1.15 bits per heavy atom. The second-order valence-electron chi connectivity index (χ2n) is 4.72. The van der Waals surface area contributed by atoms with Gasteiger partial charge in [-0.1, -0.05) is 34.8 Å². The van der Waals surface area contributed by atoms with Crippen molar-refractivity contribution in [3.05, 3.63) is 56.9 Å². The van der Waals surface area contributed by atoms with E-state index in [1.54, 1.807) is 18.4 Å². The average molecular weight is 333 g/mol. The molecule has 2 aromatic rings. The van der Waals surface area contributed by atoms with E-state index in [-0.39, 0.29) is 0 Å². The van der Waals surface area contributed by atoms with E-state index in [0.29, 0.717) is 27.7 Å². The molecule has 108 valence electrons. The van der Waals surface area contributed by atoms with Crippen molar-refractivity contribution in [1.29, 1.82) is 0 Å². The van der Waals surface area contributed by atoms with Gasteiger partial charge in [0.25, 0.3) is 0 Å².